The number of allylic oxidation sites excluding steroid dienone is 4. The molecule has 0 spiro atoms. The van der Waals surface area contributed by atoms with Crippen molar-refractivity contribution >= 4 is 0 Å². The molecule has 0 aromatic heterocycles. The first-order valence-electron chi connectivity index (χ1n) is 6.50. The number of halogens is 1. The van der Waals surface area contributed by atoms with Gasteiger partial charge in [0.15, 0.2) is 0 Å². The molecule has 1 rings (SSSR count). The highest BCUT2D eigenvalue weighted by Gasteiger charge is 2.36. The van der Waals surface area contributed by atoms with Crippen molar-refractivity contribution in [3.63, 3.8) is 0 Å². The molecular formula is C15H23FO. The van der Waals surface area contributed by atoms with E-state index in [9.17, 15) is 9.50 Å². The van der Waals surface area contributed by atoms with E-state index in [1.54, 1.807) is 18.2 Å². The summed E-state index contributed by atoms with van der Waals surface area (Å²) in [6, 6.07) is 0. The third kappa shape index (κ3) is 4.12. The molecule has 17 heavy (non-hydrogen) atoms. The summed E-state index contributed by atoms with van der Waals surface area (Å²) in [7, 11) is 0. The molecule has 0 aliphatic heterocycles. The number of aliphatic hydroxyl groups is 1. The molecule has 96 valence electrons. The smallest absolute Gasteiger partial charge is 0.131 e. The molecule has 0 amide bonds. The van der Waals surface area contributed by atoms with Crippen molar-refractivity contribution in [3.8, 4) is 0 Å². The zero-order valence-corrected chi connectivity index (χ0v) is 10.7. The van der Waals surface area contributed by atoms with Gasteiger partial charge in [-0.25, -0.2) is 4.39 Å². The van der Waals surface area contributed by atoms with Crippen molar-refractivity contribution in [2.24, 2.45) is 5.92 Å². The molecule has 1 fully saturated rings. The molecule has 0 bridgehead atoms. The molecule has 0 aromatic carbocycles. The fourth-order valence-electron chi connectivity index (χ4n) is 2.46. The summed E-state index contributed by atoms with van der Waals surface area (Å²) in [4.78, 5) is 0. The van der Waals surface area contributed by atoms with Gasteiger partial charge in [-0.3, -0.25) is 0 Å². The molecule has 1 aliphatic carbocycles. The van der Waals surface area contributed by atoms with E-state index in [4.69, 9.17) is 0 Å². The normalized spacial score (nSPS) is 30.8. The molecule has 1 N–H and O–H groups in total. The molecule has 1 saturated carbocycles. The van der Waals surface area contributed by atoms with Crippen LogP contribution >= 0.6 is 0 Å². The van der Waals surface area contributed by atoms with Gasteiger partial charge in [0.05, 0.1) is 0 Å². The predicted octanol–water partition coefficient (Wildman–Crippen LogP) is 4.30. The Hall–Kier alpha value is -0.890. The molecule has 0 aromatic rings. The van der Waals surface area contributed by atoms with Gasteiger partial charge in [0.2, 0.25) is 0 Å². The summed E-state index contributed by atoms with van der Waals surface area (Å²) in [5, 5.41) is 10.2. The second kappa shape index (κ2) is 6.75. The van der Waals surface area contributed by atoms with Gasteiger partial charge in [-0.05, 0) is 37.7 Å². The van der Waals surface area contributed by atoms with Gasteiger partial charge >= 0.3 is 0 Å². The molecule has 0 unspecified atom stereocenters. The summed E-state index contributed by atoms with van der Waals surface area (Å²) in [5.74, 6) is 0.252. The lowest BCUT2D eigenvalue weighted by molar-refractivity contribution is 0.00445. The van der Waals surface area contributed by atoms with Crippen LogP contribution in [0, 0.1) is 5.92 Å². The zero-order valence-electron chi connectivity index (χ0n) is 10.7. The maximum atomic E-state index is 13.8. The summed E-state index contributed by atoms with van der Waals surface area (Å²) < 4.78 is 13.8. The average molecular weight is 238 g/mol. The second-order valence-electron chi connectivity index (χ2n) is 4.90. The lowest BCUT2D eigenvalue weighted by atomic mass is 9.76. The Morgan fingerprint density at radius 3 is 2.59 bits per heavy atom. The van der Waals surface area contributed by atoms with Gasteiger partial charge in [-0.2, -0.15) is 0 Å². The van der Waals surface area contributed by atoms with Gasteiger partial charge < -0.3 is 5.11 Å². The fraction of sp³-hybridized carbons (Fsp3) is 0.600. The van der Waals surface area contributed by atoms with Gasteiger partial charge in [0.25, 0.3) is 0 Å². The van der Waals surface area contributed by atoms with Crippen LogP contribution < -0.4 is 0 Å². The third-order valence-corrected chi connectivity index (χ3v) is 3.56. The molecule has 1 aliphatic rings. The SMILES string of the molecule is C=C/C=C\C=C(/F)C1(O)CCC(CCC)CC1. The topological polar surface area (TPSA) is 20.2 Å². The fourth-order valence-corrected chi connectivity index (χ4v) is 2.46. The lowest BCUT2D eigenvalue weighted by Crippen LogP contribution is -2.34. The second-order valence-corrected chi connectivity index (χ2v) is 4.90. The first-order valence-corrected chi connectivity index (χ1v) is 6.50. The van der Waals surface area contributed by atoms with Crippen LogP contribution in [0.2, 0.25) is 0 Å². The highest BCUT2D eigenvalue weighted by molar-refractivity contribution is 5.19. The molecule has 0 atom stereocenters. The maximum absolute atomic E-state index is 13.8. The minimum Gasteiger partial charge on any atom is -0.383 e. The van der Waals surface area contributed by atoms with Crippen LogP contribution in [0.15, 0.2) is 36.7 Å². The zero-order chi connectivity index (χ0) is 12.7. The van der Waals surface area contributed by atoms with E-state index in [-0.39, 0.29) is 0 Å². The van der Waals surface area contributed by atoms with Crippen LogP contribution in [0.3, 0.4) is 0 Å². The van der Waals surface area contributed by atoms with E-state index in [1.165, 1.54) is 18.9 Å². The first kappa shape index (κ1) is 14.2. The van der Waals surface area contributed by atoms with Crippen LogP contribution in [0.4, 0.5) is 4.39 Å². The Balaban J connectivity index is 2.56. The molecule has 1 nitrogen and oxygen atoms in total. The Morgan fingerprint density at radius 2 is 2.06 bits per heavy atom. The molecule has 2 heteroatoms. The third-order valence-electron chi connectivity index (χ3n) is 3.56. The number of hydrogen-bond donors (Lipinski definition) is 1. The quantitative estimate of drug-likeness (QED) is 0.708. The van der Waals surface area contributed by atoms with Gasteiger partial charge in [0, 0.05) is 0 Å². The Morgan fingerprint density at radius 1 is 1.41 bits per heavy atom. The molecule has 0 saturated heterocycles. The largest absolute Gasteiger partial charge is 0.383 e. The van der Waals surface area contributed by atoms with Crippen LogP contribution in [0.1, 0.15) is 45.4 Å². The van der Waals surface area contributed by atoms with E-state index in [0.717, 1.165) is 12.8 Å². The Bertz CT molecular complexity index is 296. The van der Waals surface area contributed by atoms with Gasteiger partial charge in [-0.1, -0.05) is 44.6 Å². The summed E-state index contributed by atoms with van der Waals surface area (Å²) >= 11 is 0. The van der Waals surface area contributed by atoms with Crippen molar-refractivity contribution in [3.05, 3.63) is 36.7 Å². The van der Waals surface area contributed by atoms with Crippen LogP contribution in [-0.2, 0) is 0 Å². The summed E-state index contributed by atoms with van der Waals surface area (Å²) in [5.41, 5.74) is -1.23. The maximum Gasteiger partial charge on any atom is 0.131 e. The van der Waals surface area contributed by atoms with E-state index in [1.807, 2.05) is 0 Å². The summed E-state index contributed by atoms with van der Waals surface area (Å²) in [6.45, 7) is 5.68. The van der Waals surface area contributed by atoms with Crippen molar-refractivity contribution in [2.45, 2.75) is 51.0 Å². The summed E-state index contributed by atoms with van der Waals surface area (Å²) in [6.07, 6.45) is 11.5. The highest BCUT2D eigenvalue weighted by atomic mass is 19.1. The van der Waals surface area contributed by atoms with Gasteiger partial charge in [-0.15, -0.1) is 0 Å². The van der Waals surface area contributed by atoms with Crippen molar-refractivity contribution < 1.29 is 9.50 Å². The minimum absolute atomic E-state index is 0.412. The van der Waals surface area contributed by atoms with Gasteiger partial charge in [0.1, 0.15) is 11.4 Å². The molecular weight excluding hydrogens is 215 g/mol. The highest BCUT2D eigenvalue weighted by Crippen LogP contribution is 2.39. The van der Waals surface area contributed by atoms with Crippen molar-refractivity contribution in [1.82, 2.24) is 0 Å². The standard InChI is InChI=1S/C15H23FO/c1-3-5-6-8-14(16)15(17)11-9-13(7-4-2)10-12-15/h3,5-6,8,13,17H,1,4,7,9-12H2,2H3/b6-5-,14-8-. The van der Waals surface area contributed by atoms with Crippen molar-refractivity contribution in [2.75, 3.05) is 0 Å². The minimum atomic E-state index is -1.23. The average Bonchev–Trinajstić information content (AvgIpc) is 2.33. The first-order chi connectivity index (χ1) is 8.12. The lowest BCUT2D eigenvalue weighted by Gasteiger charge is -2.34. The number of rotatable bonds is 5. The van der Waals surface area contributed by atoms with E-state index >= 15 is 0 Å². The Kier molecular flexibility index (Phi) is 5.63. The van der Waals surface area contributed by atoms with Crippen LogP contribution in [0.25, 0.3) is 0 Å². The molecule has 0 radical (unpaired) electrons. The molecule has 0 heterocycles. The van der Waals surface area contributed by atoms with E-state index < -0.39 is 11.4 Å². The van der Waals surface area contributed by atoms with E-state index in [2.05, 4.69) is 13.5 Å². The van der Waals surface area contributed by atoms with Crippen LogP contribution in [-0.4, -0.2) is 10.7 Å². The Labute approximate surface area is 104 Å². The van der Waals surface area contributed by atoms with Crippen molar-refractivity contribution in [1.29, 1.82) is 0 Å². The van der Waals surface area contributed by atoms with Crippen LogP contribution in [0.5, 0.6) is 0 Å². The monoisotopic (exact) mass is 238 g/mol. The number of hydrogen-bond acceptors (Lipinski definition) is 1. The van der Waals surface area contributed by atoms with E-state index in [0.29, 0.717) is 18.8 Å². The predicted molar refractivity (Wildman–Crippen MR) is 70.3 cm³/mol.